The fourth-order valence-electron chi connectivity index (χ4n) is 2.16. The van der Waals surface area contributed by atoms with E-state index in [1.165, 1.54) is 11.1 Å². The van der Waals surface area contributed by atoms with Crippen molar-refractivity contribution in [2.45, 2.75) is 19.3 Å². The molecule has 0 aliphatic heterocycles. The van der Waals surface area contributed by atoms with Crippen molar-refractivity contribution >= 4 is 0 Å². The molecule has 0 spiro atoms. The SMILES string of the molecule is COc1cccc(C2C=CC(C)=CC2)c1OC. The predicted molar refractivity (Wildman–Crippen MR) is 69.8 cm³/mol. The van der Waals surface area contributed by atoms with E-state index in [2.05, 4.69) is 31.2 Å². The molecule has 2 nitrogen and oxygen atoms in total. The molecule has 0 N–H and O–H groups in total. The number of allylic oxidation sites excluding steroid dienone is 4. The highest BCUT2D eigenvalue weighted by Gasteiger charge is 2.17. The van der Waals surface area contributed by atoms with Crippen LogP contribution in [0.5, 0.6) is 11.5 Å². The van der Waals surface area contributed by atoms with Crippen molar-refractivity contribution in [1.29, 1.82) is 0 Å². The molecule has 1 aromatic carbocycles. The average Bonchev–Trinajstić information content (AvgIpc) is 2.38. The van der Waals surface area contributed by atoms with Gasteiger partial charge in [0, 0.05) is 11.5 Å². The first kappa shape index (κ1) is 11.8. The lowest BCUT2D eigenvalue weighted by Gasteiger charge is -2.19. The molecule has 0 fully saturated rings. The standard InChI is InChI=1S/C15H18O2/c1-11-7-9-12(10-8-11)13-5-4-6-14(16-2)15(13)17-3/h4-9,12H,10H2,1-3H3. The minimum Gasteiger partial charge on any atom is -0.493 e. The van der Waals surface area contributed by atoms with Gasteiger partial charge in [-0.1, -0.05) is 35.9 Å². The quantitative estimate of drug-likeness (QED) is 0.788. The molecule has 2 heteroatoms. The lowest BCUT2D eigenvalue weighted by atomic mass is 9.90. The monoisotopic (exact) mass is 230 g/mol. The number of hydrogen-bond donors (Lipinski definition) is 0. The van der Waals surface area contributed by atoms with Crippen LogP contribution in [-0.4, -0.2) is 14.2 Å². The van der Waals surface area contributed by atoms with Crippen LogP contribution in [0.3, 0.4) is 0 Å². The third-order valence-corrected chi connectivity index (χ3v) is 3.12. The summed E-state index contributed by atoms with van der Waals surface area (Å²) in [6.45, 7) is 2.12. The van der Waals surface area contributed by atoms with Gasteiger partial charge < -0.3 is 9.47 Å². The van der Waals surface area contributed by atoms with Crippen LogP contribution in [0, 0.1) is 0 Å². The van der Waals surface area contributed by atoms with Crippen LogP contribution in [-0.2, 0) is 0 Å². The summed E-state index contributed by atoms with van der Waals surface area (Å²) in [4.78, 5) is 0. The summed E-state index contributed by atoms with van der Waals surface area (Å²) in [5, 5.41) is 0. The van der Waals surface area contributed by atoms with Crippen molar-refractivity contribution < 1.29 is 9.47 Å². The average molecular weight is 230 g/mol. The van der Waals surface area contributed by atoms with Crippen LogP contribution >= 0.6 is 0 Å². The van der Waals surface area contributed by atoms with Crippen molar-refractivity contribution in [2.24, 2.45) is 0 Å². The minimum atomic E-state index is 0.378. The van der Waals surface area contributed by atoms with E-state index in [0.717, 1.165) is 17.9 Å². The zero-order valence-electron chi connectivity index (χ0n) is 10.6. The van der Waals surface area contributed by atoms with Gasteiger partial charge in [0.2, 0.25) is 0 Å². The molecule has 1 aromatic rings. The van der Waals surface area contributed by atoms with Crippen molar-refractivity contribution in [3.05, 3.63) is 47.6 Å². The molecule has 0 heterocycles. The van der Waals surface area contributed by atoms with Crippen LogP contribution in [0.4, 0.5) is 0 Å². The van der Waals surface area contributed by atoms with Gasteiger partial charge in [-0.3, -0.25) is 0 Å². The highest BCUT2D eigenvalue weighted by atomic mass is 16.5. The van der Waals surface area contributed by atoms with Gasteiger partial charge in [0.1, 0.15) is 0 Å². The molecule has 0 saturated carbocycles. The maximum absolute atomic E-state index is 5.47. The highest BCUT2D eigenvalue weighted by Crippen LogP contribution is 2.38. The number of hydrogen-bond acceptors (Lipinski definition) is 2. The Morgan fingerprint density at radius 3 is 2.59 bits per heavy atom. The molecule has 17 heavy (non-hydrogen) atoms. The molecular weight excluding hydrogens is 212 g/mol. The molecule has 0 saturated heterocycles. The zero-order valence-corrected chi connectivity index (χ0v) is 10.6. The van der Waals surface area contributed by atoms with Crippen molar-refractivity contribution in [2.75, 3.05) is 14.2 Å². The third-order valence-electron chi connectivity index (χ3n) is 3.12. The fourth-order valence-corrected chi connectivity index (χ4v) is 2.16. The second-order valence-corrected chi connectivity index (χ2v) is 4.23. The number of para-hydroxylation sites is 1. The summed E-state index contributed by atoms with van der Waals surface area (Å²) >= 11 is 0. The van der Waals surface area contributed by atoms with Crippen LogP contribution in [0.25, 0.3) is 0 Å². The second-order valence-electron chi connectivity index (χ2n) is 4.23. The molecule has 1 aliphatic rings. The molecule has 90 valence electrons. The lowest BCUT2D eigenvalue weighted by Crippen LogP contribution is -2.02. The summed E-state index contributed by atoms with van der Waals surface area (Å²) in [6.07, 6.45) is 7.66. The van der Waals surface area contributed by atoms with E-state index in [0.29, 0.717) is 5.92 Å². The van der Waals surface area contributed by atoms with Gasteiger partial charge >= 0.3 is 0 Å². The molecule has 0 bridgehead atoms. The fraction of sp³-hybridized carbons (Fsp3) is 0.333. The molecule has 2 rings (SSSR count). The molecule has 0 amide bonds. The normalized spacial score (nSPS) is 18.8. The summed E-state index contributed by atoms with van der Waals surface area (Å²) in [6, 6.07) is 6.04. The topological polar surface area (TPSA) is 18.5 Å². The first-order chi connectivity index (χ1) is 8.26. The molecule has 1 atom stereocenters. The van der Waals surface area contributed by atoms with Crippen LogP contribution in [0.2, 0.25) is 0 Å². The van der Waals surface area contributed by atoms with Gasteiger partial charge in [-0.25, -0.2) is 0 Å². The highest BCUT2D eigenvalue weighted by molar-refractivity contribution is 5.50. The Morgan fingerprint density at radius 1 is 1.18 bits per heavy atom. The van der Waals surface area contributed by atoms with Crippen LogP contribution < -0.4 is 9.47 Å². The van der Waals surface area contributed by atoms with E-state index >= 15 is 0 Å². The van der Waals surface area contributed by atoms with Crippen molar-refractivity contribution in [3.63, 3.8) is 0 Å². The largest absolute Gasteiger partial charge is 0.493 e. The Labute approximate surface area is 103 Å². The molecule has 0 aromatic heterocycles. The zero-order chi connectivity index (χ0) is 12.3. The van der Waals surface area contributed by atoms with Gasteiger partial charge in [0.05, 0.1) is 14.2 Å². The lowest BCUT2D eigenvalue weighted by molar-refractivity contribution is 0.350. The van der Waals surface area contributed by atoms with Gasteiger partial charge in [-0.05, 0) is 19.4 Å². The van der Waals surface area contributed by atoms with Crippen molar-refractivity contribution in [1.82, 2.24) is 0 Å². The van der Waals surface area contributed by atoms with E-state index in [9.17, 15) is 0 Å². The molecular formula is C15H18O2. The predicted octanol–water partition coefficient (Wildman–Crippen LogP) is 3.69. The van der Waals surface area contributed by atoms with Gasteiger partial charge in [-0.15, -0.1) is 0 Å². The summed E-state index contributed by atoms with van der Waals surface area (Å²) in [5.74, 6) is 2.02. The smallest absolute Gasteiger partial charge is 0.164 e. The van der Waals surface area contributed by atoms with Crippen molar-refractivity contribution in [3.8, 4) is 11.5 Å². The van der Waals surface area contributed by atoms with Gasteiger partial charge in [-0.2, -0.15) is 0 Å². The minimum absolute atomic E-state index is 0.378. The Bertz CT molecular complexity index is 458. The van der Waals surface area contributed by atoms with E-state index in [4.69, 9.17) is 9.47 Å². The third kappa shape index (κ3) is 2.36. The van der Waals surface area contributed by atoms with E-state index < -0.39 is 0 Å². The van der Waals surface area contributed by atoms with Gasteiger partial charge in [0.15, 0.2) is 11.5 Å². The molecule has 1 unspecified atom stereocenters. The maximum Gasteiger partial charge on any atom is 0.164 e. The second kappa shape index (κ2) is 5.09. The molecule has 1 aliphatic carbocycles. The summed E-state index contributed by atoms with van der Waals surface area (Å²) in [7, 11) is 3.36. The van der Waals surface area contributed by atoms with E-state index in [1.54, 1.807) is 14.2 Å². The maximum atomic E-state index is 5.47. The first-order valence-corrected chi connectivity index (χ1v) is 5.82. The number of ether oxygens (including phenoxy) is 2. The van der Waals surface area contributed by atoms with Crippen LogP contribution in [0.15, 0.2) is 42.0 Å². The van der Waals surface area contributed by atoms with E-state index in [-0.39, 0.29) is 0 Å². The van der Waals surface area contributed by atoms with E-state index in [1.807, 2.05) is 12.1 Å². The Kier molecular flexibility index (Phi) is 3.52. The molecule has 0 radical (unpaired) electrons. The number of methoxy groups -OCH3 is 2. The first-order valence-electron chi connectivity index (χ1n) is 5.82. The van der Waals surface area contributed by atoms with Crippen LogP contribution in [0.1, 0.15) is 24.8 Å². The Hall–Kier alpha value is -1.70. The Morgan fingerprint density at radius 2 is 2.00 bits per heavy atom. The number of benzene rings is 1. The summed E-state index contributed by atoms with van der Waals surface area (Å²) < 4.78 is 10.8. The summed E-state index contributed by atoms with van der Waals surface area (Å²) in [5.41, 5.74) is 2.51. The number of rotatable bonds is 3. The Balaban J connectivity index is 2.36. The van der Waals surface area contributed by atoms with Gasteiger partial charge in [0.25, 0.3) is 0 Å².